The van der Waals surface area contributed by atoms with Crippen LogP contribution in [0.15, 0.2) is 186 Å². The number of hydrogen-bond acceptors (Lipinski definition) is 1. The third-order valence-corrected chi connectivity index (χ3v) is 10.3. The van der Waals surface area contributed by atoms with Crippen LogP contribution in [0.2, 0.25) is 0 Å². The Bertz CT molecular complexity index is 3580. The average Bonchev–Trinajstić information content (AvgIpc) is 3.67. The van der Waals surface area contributed by atoms with Crippen LogP contribution in [0.4, 0.5) is 0 Å². The van der Waals surface area contributed by atoms with Crippen molar-refractivity contribution in [1.29, 1.82) is 0 Å². The first-order valence-electron chi connectivity index (χ1n) is 20.9. The summed E-state index contributed by atoms with van der Waals surface area (Å²) < 4.78 is 80.8. The maximum absolute atomic E-state index is 9.59. The van der Waals surface area contributed by atoms with Gasteiger partial charge in [0, 0.05) is 16.2 Å². The van der Waals surface area contributed by atoms with Crippen LogP contribution < -0.4 is 0 Å². The Hall–Kier alpha value is -6.70. The zero-order valence-electron chi connectivity index (χ0n) is 35.1. The van der Waals surface area contributed by atoms with E-state index in [0.29, 0.717) is 33.2 Å². The maximum atomic E-state index is 9.59. The Morgan fingerprint density at radius 1 is 0.373 bits per heavy atom. The molecule has 11 rings (SSSR count). The molecule has 0 aliphatic carbocycles. The predicted molar refractivity (Wildman–Crippen MR) is 218 cm³/mol. The first-order chi connectivity index (χ1) is 28.6. The molecule has 0 atom stereocenters. The van der Waals surface area contributed by atoms with Crippen molar-refractivity contribution in [2.24, 2.45) is 0 Å². The van der Waals surface area contributed by atoms with E-state index >= 15 is 0 Å². The fraction of sp³-hybridized carbons (Fsp3) is 0. The van der Waals surface area contributed by atoms with Crippen LogP contribution in [0.1, 0.15) is 11.0 Å². The highest BCUT2D eigenvalue weighted by Gasteiger charge is 2.22. The lowest BCUT2D eigenvalue weighted by atomic mass is 9.83. The number of furan rings is 1. The summed E-state index contributed by atoms with van der Waals surface area (Å²) in [4.78, 5) is 0. The summed E-state index contributed by atoms with van der Waals surface area (Å²) in [5.41, 5.74) is 4.85. The summed E-state index contributed by atoms with van der Waals surface area (Å²) in [5.74, 6) is 0. The molecule has 0 unspecified atom stereocenters. The molecule has 0 fully saturated rings. The van der Waals surface area contributed by atoms with Crippen LogP contribution >= 0.6 is 0 Å². The fourth-order valence-electron chi connectivity index (χ4n) is 8.05. The molecule has 11 aromatic rings. The Morgan fingerprint density at radius 2 is 0.941 bits per heavy atom. The van der Waals surface area contributed by atoms with Gasteiger partial charge in [-0.1, -0.05) is 164 Å². The van der Waals surface area contributed by atoms with Crippen LogP contribution in [0, 0.1) is 0 Å². The molecule has 0 amide bonds. The normalized spacial score (nSPS) is 14.1. The quantitative estimate of drug-likeness (QED) is 0.173. The molecule has 1 heteroatoms. The summed E-state index contributed by atoms with van der Waals surface area (Å²) in [7, 11) is 0. The Kier molecular flexibility index (Phi) is 4.57. The molecule has 1 nitrogen and oxygen atoms in total. The predicted octanol–water partition coefficient (Wildman–Crippen LogP) is 14.4. The van der Waals surface area contributed by atoms with Gasteiger partial charge < -0.3 is 4.42 Å². The largest absolute Gasteiger partial charge is 0.455 e. The second-order valence-corrected chi connectivity index (χ2v) is 13.0. The zero-order chi connectivity index (χ0) is 40.4. The van der Waals surface area contributed by atoms with Crippen LogP contribution in [-0.2, 0) is 0 Å². The minimum atomic E-state index is -0.443. The van der Waals surface area contributed by atoms with E-state index in [2.05, 4.69) is 30.3 Å². The van der Waals surface area contributed by atoms with Gasteiger partial charge >= 0.3 is 0 Å². The Morgan fingerprint density at radius 3 is 1.67 bits per heavy atom. The van der Waals surface area contributed by atoms with E-state index < -0.39 is 24.2 Å². The van der Waals surface area contributed by atoms with Crippen molar-refractivity contribution in [3.05, 3.63) is 182 Å². The highest BCUT2D eigenvalue weighted by molar-refractivity contribution is 6.28. The molecule has 0 bridgehead atoms. The summed E-state index contributed by atoms with van der Waals surface area (Å²) in [6, 6.07) is 40.6. The topological polar surface area (TPSA) is 13.1 Å². The summed E-state index contributed by atoms with van der Waals surface area (Å²) in [5, 5.41) is 7.86. The summed E-state index contributed by atoms with van der Waals surface area (Å²) in [6.45, 7) is 0. The second-order valence-electron chi connectivity index (χ2n) is 13.0. The van der Waals surface area contributed by atoms with Crippen LogP contribution in [0.3, 0.4) is 0 Å². The van der Waals surface area contributed by atoms with Crippen molar-refractivity contribution in [2.45, 2.75) is 0 Å². The van der Waals surface area contributed by atoms with Crippen LogP contribution in [0.5, 0.6) is 0 Å². The number of rotatable bonds is 3. The molecular formula is C50H30O. The summed E-state index contributed by atoms with van der Waals surface area (Å²) >= 11 is 0. The highest BCUT2D eigenvalue weighted by Crippen LogP contribution is 2.49. The minimum Gasteiger partial charge on any atom is -0.455 e. The van der Waals surface area contributed by atoms with Crippen molar-refractivity contribution >= 4 is 75.8 Å². The van der Waals surface area contributed by atoms with E-state index in [1.807, 2.05) is 103 Å². The van der Waals surface area contributed by atoms with Crippen molar-refractivity contribution in [3.63, 3.8) is 0 Å². The molecule has 0 saturated carbocycles. The smallest absolute Gasteiger partial charge is 0.143 e. The Balaban J connectivity index is 1.34. The summed E-state index contributed by atoms with van der Waals surface area (Å²) in [6.07, 6.45) is 0. The second kappa shape index (κ2) is 10.9. The zero-order valence-corrected chi connectivity index (χ0v) is 27.1. The molecule has 0 N–H and O–H groups in total. The SMILES string of the molecule is [2H]c1c([2H])c([2H])c2c(-c3cccc4oc5c6ccccc6ccc5c34)c3c([2H])c([2H])c([2H])c([2H])c3c(-c3ccc(-c4ccc5ccccc5c4)c4ccccc34)c2c1[2H]. The molecule has 0 spiro atoms. The molecule has 0 saturated heterocycles. The molecule has 0 aliphatic heterocycles. The first-order valence-corrected chi connectivity index (χ1v) is 16.9. The maximum Gasteiger partial charge on any atom is 0.143 e. The van der Waals surface area contributed by atoms with Gasteiger partial charge in [-0.25, -0.2) is 0 Å². The lowest BCUT2D eigenvalue weighted by molar-refractivity contribution is 0.673. The number of fused-ring (bicyclic) bond motifs is 9. The molecule has 1 heterocycles. The van der Waals surface area contributed by atoms with Gasteiger partial charge in [-0.15, -0.1) is 0 Å². The average molecular weight is 655 g/mol. The van der Waals surface area contributed by atoms with E-state index in [4.69, 9.17) is 9.90 Å². The molecule has 51 heavy (non-hydrogen) atoms. The third-order valence-electron chi connectivity index (χ3n) is 10.3. The number of hydrogen-bond donors (Lipinski definition) is 0. The fourth-order valence-corrected chi connectivity index (χ4v) is 8.05. The van der Waals surface area contributed by atoms with E-state index in [9.17, 15) is 5.48 Å². The van der Waals surface area contributed by atoms with Crippen molar-refractivity contribution in [3.8, 4) is 33.4 Å². The van der Waals surface area contributed by atoms with Crippen molar-refractivity contribution in [2.75, 3.05) is 0 Å². The third kappa shape index (κ3) is 4.16. The molecule has 10 aromatic carbocycles. The monoisotopic (exact) mass is 654 g/mol. The van der Waals surface area contributed by atoms with Crippen LogP contribution in [0.25, 0.3) is 109 Å². The van der Waals surface area contributed by atoms with Gasteiger partial charge in [0.05, 0.1) is 11.0 Å². The van der Waals surface area contributed by atoms with Crippen LogP contribution in [-0.4, -0.2) is 0 Å². The number of benzene rings is 10. The van der Waals surface area contributed by atoms with Gasteiger partial charge in [0.1, 0.15) is 11.2 Å². The van der Waals surface area contributed by atoms with E-state index in [-0.39, 0.29) is 51.3 Å². The molecule has 0 aliphatic rings. The Labute approximate surface area is 305 Å². The standard InChI is InChI=1S/C50H30O/c1-2-14-33-30-34(25-24-31(33)12-1)35-28-29-43(38-17-6-5-16-37(35)38)47-39-18-7-9-20-41(39)48(42-21-10-8-19-40(42)47)44-22-11-23-46-49(44)45-27-26-32-13-3-4-15-36(32)50(45)51-46/h1-30H/i7D,8D,9D,10D,18D,19D,20D,21D. The molecule has 236 valence electrons. The lowest BCUT2D eigenvalue weighted by Gasteiger charge is -2.20. The van der Waals surface area contributed by atoms with E-state index in [1.165, 1.54) is 0 Å². The minimum absolute atomic E-state index is 0.161. The highest BCUT2D eigenvalue weighted by atomic mass is 16.3. The van der Waals surface area contributed by atoms with Gasteiger partial charge in [0.15, 0.2) is 0 Å². The van der Waals surface area contributed by atoms with Crippen molar-refractivity contribution in [1.82, 2.24) is 0 Å². The van der Waals surface area contributed by atoms with E-state index in [1.54, 1.807) is 0 Å². The van der Waals surface area contributed by atoms with Crippen molar-refractivity contribution < 1.29 is 15.4 Å². The lowest BCUT2D eigenvalue weighted by Crippen LogP contribution is -1.93. The van der Waals surface area contributed by atoms with Gasteiger partial charge in [-0.2, -0.15) is 0 Å². The van der Waals surface area contributed by atoms with Gasteiger partial charge in [-0.05, 0) is 100 Å². The van der Waals surface area contributed by atoms with Gasteiger partial charge in [0.2, 0.25) is 0 Å². The molecule has 0 radical (unpaired) electrons. The van der Waals surface area contributed by atoms with Gasteiger partial charge in [0.25, 0.3) is 0 Å². The van der Waals surface area contributed by atoms with Gasteiger partial charge in [-0.3, -0.25) is 0 Å². The molecular weight excluding hydrogens is 617 g/mol. The molecule has 1 aromatic heterocycles. The van der Waals surface area contributed by atoms with E-state index in [0.717, 1.165) is 48.8 Å². The first kappa shape index (κ1) is 21.4.